The Morgan fingerprint density at radius 2 is 1.65 bits per heavy atom. The van der Waals surface area contributed by atoms with Gasteiger partial charge in [0.1, 0.15) is 23.5 Å². The molecule has 2 N–H and O–H groups in total. The number of aliphatic imine (C=N–C) groups is 1. The number of hydrogen-bond donors (Lipinski definition) is 2. The van der Waals surface area contributed by atoms with Crippen LogP contribution in [-0.4, -0.2) is 36.7 Å². The molecule has 0 heterocycles. The number of benzene rings is 1. The van der Waals surface area contributed by atoms with Crippen LogP contribution < -0.4 is 15.4 Å². The van der Waals surface area contributed by atoms with Crippen molar-refractivity contribution in [3.63, 3.8) is 0 Å². The molecule has 0 amide bonds. The molecule has 148 valence electrons. The molecule has 7 heteroatoms. The molecule has 1 aromatic carbocycles. The van der Waals surface area contributed by atoms with Gasteiger partial charge in [-0.3, -0.25) is 9.79 Å². The van der Waals surface area contributed by atoms with Gasteiger partial charge in [0.05, 0.1) is 0 Å². The molecular formula is C19H32IN3O3. The minimum absolute atomic E-state index is 0. The Bertz CT molecular complexity index is 605. The summed E-state index contributed by atoms with van der Waals surface area (Å²) in [5.74, 6) is 1.02. The van der Waals surface area contributed by atoms with Crippen LogP contribution in [0.2, 0.25) is 0 Å². The Labute approximate surface area is 174 Å². The Morgan fingerprint density at radius 3 is 2.19 bits per heavy atom. The van der Waals surface area contributed by atoms with Gasteiger partial charge in [-0.25, -0.2) is 0 Å². The van der Waals surface area contributed by atoms with Crippen molar-refractivity contribution in [1.29, 1.82) is 0 Å². The van der Waals surface area contributed by atoms with Crippen molar-refractivity contribution in [2.24, 2.45) is 4.99 Å². The average molecular weight is 477 g/mol. The molecule has 26 heavy (non-hydrogen) atoms. The predicted molar refractivity (Wildman–Crippen MR) is 116 cm³/mol. The van der Waals surface area contributed by atoms with Crippen molar-refractivity contribution in [2.75, 3.05) is 13.6 Å². The van der Waals surface area contributed by atoms with Crippen LogP contribution in [0, 0.1) is 0 Å². The summed E-state index contributed by atoms with van der Waals surface area (Å²) >= 11 is 0. The first kappa shape index (κ1) is 24.5. The highest BCUT2D eigenvalue weighted by Crippen LogP contribution is 2.22. The fraction of sp³-hybridized carbons (Fsp3) is 0.579. The lowest BCUT2D eigenvalue weighted by atomic mass is 10.1. The predicted octanol–water partition coefficient (Wildman–Crippen LogP) is 3.49. The minimum Gasteiger partial charge on any atom is -0.488 e. The van der Waals surface area contributed by atoms with Crippen LogP contribution >= 0.6 is 24.0 Å². The zero-order valence-electron chi connectivity index (χ0n) is 16.8. The zero-order valence-corrected chi connectivity index (χ0v) is 19.1. The van der Waals surface area contributed by atoms with E-state index in [1.165, 1.54) is 0 Å². The molecule has 1 aromatic rings. The summed E-state index contributed by atoms with van der Waals surface area (Å²) in [7, 11) is 1.65. The Balaban J connectivity index is 0.00000625. The van der Waals surface area contributed by atoms with Gasteiger partial charge in [0.15, 0.2) is 5.96 Å². The van der Waals surface area contributed by atoms with Crippen molar-refractivity contribution in [3.05, 3.63) is 29.8 Å². The fourth-order valence-corrected chi connectivity index (χ4v) is 2.01. The van der Waals surface area contributed by atoms with Gasteiger partial charge >= 0.3 is 5.97 Å². The molecule has 0 saturated heterocycles. The molecule has 1 rings (SSSR count). The van der Waals surface area contributed by atoms with Gasteiger partial charge in [-0.2, -0.15) is 0 Å². The molecule has 0 unspecified atom stereocenters. The van der Waals surface area contributed by atoms with E-state index in [0.29, 0.717) is 12.5 Å². The molecule has 0 saturated carbocycles. The summed E-state index contributed by atoms with van der Waals surface area (Å²) in [6, 6.07) is 7.85. The normalized spacial score (nSPS) is 12.0. The zero-order chi connectivity index (χ0) is 19.1. The molecule has 0 aromatic heterocycles. The van der Waals surface area contributed by atoms with Gasteiger partial charge in [0.2, 0.25) is 0 Å². The van der Waals surface area contributed by atoms with E-state index < -0.39 is 5.60 Å². The van der Waals surface area contributed by atoms with Crippen LogP contribution in [0.15, 0.2) is 29.3 Å². The van der Waals surface area contributed by atoms with Crippen molar-refractivity contribution < 1.29 is 14.3 Å². The SMILES string of the molecule is CN=C(NCC(=O)OC(C)(C)C)NCc1ccccc1OC(C)(C)C.I. The summed E-state index contributed by atoms with van der Waals surface area (Å²) in [4.78, 5) is 15.9. The first-order valence-corrected chi connectivity index (χ1v) is 8.43. The third kappa shape index (κ3) is 10.5. The minimum atomic E-state index is -0.501. The van der Waals surface area contributed by atoms with Gasteiger partial charge in [0, 0.05) is 19.2 Å². The van der Waals surface area contributed by atoms with E-state index in [-0.39, 0.29) is 42.1 Å². The number of guanidine groups is 1. The van der Waals surface area contributed by atoms with Crippen molar-refractivity contribution >= 4 is 35.9 Å². The number of nitrogens with zero attached hydrogens (tertiary/aromatic N) is 1. The third-order valence-electron chi connectivity index (χ3n) is 2.88. The molecule has 0 aliphatic heterocycles. The smallest absolute Gasteiger partial charge is 0.325 e. The summed E-state index contributed by atoms with van der Waals surface area (Å²) in [5.41, 5.74) is 0.240. The van der Waals surface area contributed by atoms with Crippen molar-refractivity contribution in [2.45, 2.75) is 59.3 Å². The second-order valence-electron chi connectivity index (χ2n) is 7.69. The van der Waals surface area contributed by atoms with Crippen LogP contribution in [0.25, 0.3) is 0 Å². The Morgan fingerprint density at radius 1 is 1.04 bits per heavy atom. The lowest BCUT2D eigenvalue weighted by Crippen LogP contribution is -2.41. The topological polar surface area (TPSA) is 72.0 Å². The number of nitrogens with one attached hydrogen (secondary N) is 2. The van der Waals surface area contributed by atoms with Crippen LogP contribution in [-0.2, 0) is 16.1 Å². The number of rotatable bonds is 5. The van der Waals surface area contributed by atoms with E-state index in [1.54, 1.807) is 7.05 Å². The standard InChI is InChI=1S/C19H31N3O3.HI/c1-18(2,3)24-15-11-9-8-10-14(15)12-21-17(20-7)22-13-16(23)25-19(4,5)6;/h8-11H,12-13H2,1-7H3,(H2,20,21,22);1H. The third-order valence-corrected chi connectivity index (χ3v) is 2.88. The molecule has 6 nitrogen and oxygen atoms in total. The molecule has 0 aliphatic carbocycles. The van der Waals surface area contributed by atoms with Gasteiger partial charge in [-0.1, -0.05) is 18.2 Å². The number of carbonyl (C=O) groups is 1. The lowest BCUT2D eigenvalue weighted by molar-refractivity contribution is -0.153. The fourth-order valence-electron chi connectivity index (χ4n) is 2.01. The molecule has 0 atom stereocenters. The monoisotopic (exact) mass is 477 g/mol. The summed E-state index contributed by atoms with van der Waals surface area (Å²) in [5, 5.41) is 6.13. The molecule has 0 spiro atoms. The highest BCUT2D eigenvalue weighted by Gasteiger charge is 2.17. The second kappa shape index (κ2) is 10.6. The van der Waals surface area contributed by atoms with Gasteiger partial charge in [-0.05, 0) is 47.6 Å². The lowest BCUT2D eigenvalue weighted by Gasteiger charge is -2.23. The maximum atomic E-state index is 11.8. The molecular weight excluding hydrogens is 445 g/mol. The second-order valence-corrected chi connectivity index (χ2v) is 7.69. The molecule has 0 bridgehead atoms. The summed E-state index contributed by atoms with van der Waals surface area (Å²) in [6.07, 6.45) is 0. The van der Waals surface area contributed by atoms with E-state index in [1.807, 2.05) is 65.8 Å². The largest absolute Gasteiger partial charge is 0.488 e. The quantitative estimate of drug-likeness (QED) is 0.294. The first-order chi connectivity index (χ1) is 11.5. The Hall–Kier alpha value is -1.51. The van der Waals surface area contributed by atoms with Gasteiger partial charge < -0.3 is 20.1 Å². The molecule has 0 radical (unpaired) electrons. The van der Waals surface area contributed by atoms with Crippen molar-refractivity contribution in [1.82, 2.24) is 10.6 Å². The first-order valence-electron chi connectivity index (χ1n) is 8.43. The highest BCUT2D eigenvalue weighted by molar-refractivity contribution is 14.0. The summed E-state index contributed by atoms with van der Waals surface area (Å²) < 4.78 is 11.2. The van der Waals surface area contributed by atoms with E-state index in [4.69, 9.17) is 9.47 Å². The number of halogens is 1. The maximum Gasteiger partial charge on any atom is 0.325 e. The number of para-hydroxylation sites is 1. The average Bonchev–Trinajstić information content (AvgIpc) is 2.45. The number of hydrogen-bond acceptors (Lipinski definition) is 4. The van der Waals surface area contributed by atoms with E-state index >= 15 is 0 Å². The highest BCUT2D eigenvalue weighted by atomic mass is 127. The van der Waals surface area contributed by atoms with E-state index in [2.05, 4.69) is 15.6 Å². The Kier molecular flexibility index (Phi) is 9.98. The van der Waals surface area contributed by atoms with Gasteiger partial charge in [-0.15, -0.1) is 24.0 Å². The van der Waals surface area contributed by atoms with Crippen LogP contribution in [0.3, 0.4) is 0 Å². The molecule has 0 aliphatic rings. The number of ether oxygens (including phenoxy) is 2. The van der Waals surface area contributed by atoms with Crippen LogP contribution in [0.1, 0.15) is 47.1 Å². The van der Waals surface area contributed by atoms with Crippen LogP contribution in [0.5, 0.6) is 5.75 Å². The van der Waals surface area contributed by atoms with E-state index in [0.717, 1.165) is 11.3 Å². The van der Waals surface area contributed by atoms with Crippen LogP contribution in [0.4, 0.5) is 0 Å². The molecule has 0 fully saturated rings. The van der Waals surface area contributed by atoms with E-state index in [9.17, 15) is 4.79 Å². The summed E-state index contributed by atoms with van der Waals surface area (Å²) in [6.45, 7) is 12.1. The number of esters is 1. The van der Waals surface area contributed by atoms with Crippen molar-refractivity contribution in [3.8, 4) is 5.75 Å². The number of carbonyl (C=O) groups excluding carboxylic acids is 1. The maximum absolute atomic E-state index is 11.8. The van der Waals surface area contributed by atoms with Gasteiger partial charge in [0.25, 0.3) is 0 Å².